The number of aromatic nitrogens is 2. The van der Waals surface area contributed by atoms with Crippen LogP contribution in [-0.2, 0) is 19.5 Å². The average Bonchev–Trinajstić information content (AvgIpc) is 3.57. The van der Waals surface area contributed by atoms with Crippen LogP contribution in [0.2, 0.25) is 0 Å². The molecular formula is C34H39N2PRu+2. The Balaban J connectivity index is 0.000000308. The third-order valence-electron chi connectivity index (χ3n) is 7.77. The molecule has 0 amide bonds. The Morgan fingerprint density at radius 3 is 1.50 bits per heavy atom. The van der Waals surface area contributed by atoms with E-state index in [1.54, 1.807) is 0 Å². The van der Waals surface area contributed by atoms with E-state index in [0.717, 1.165) is 5.69 Å². The average molecular weight is 608 g/mol. The molecule has 0 aliphatic heterocycles. The van der Waals surface area contributed by atoms with Crippen LogP contribution in [0.15, 0.2) is 66.7 Å². The first-order valence-corrected chi connectivity index (χ1v) is 14.4. The van der Waals surface area contributed by atoms with Crippen molar-refractivity contribution < 1.29 is 19.5 Å². The fourth-order valence-corrected chi connectivity index (χ4v) is 7.69. The van der Waals surface area contributed by atoms with E-state index in [-0.39, 0.29) is 25.5 Å². The van der Waals surface area contributed by atoms with E-state index in [0.29, 0.717) is 0 Å². The molecule has 3 aromatic rings. The number of benzene rings is 2. The van der Waals surface area contributed by atoms with E-state index in [4.69, 9.17) is 5.10 Å². The minimum atomic E-state index is -0.597. The van der Waals surface area contributed by atoms with Gasteiger partial charge in [-0.05, 0) is 94.2 Å². The molecule has 2 saturated carbocycles. The van der Waals surface area contributed by atoms with Crippen LogP contribution < -0.4 is 10.6 Å². The van der Waals surface area contributed by atoms with Gasteiger partial charge in [0.2, 0.25) is 0 Å². The van der Waals surface area contributed by atoms with Crippen LogP contribution in [0.1, 0.15) is 59.0 Å². The Bertz CT molecular complexity index is 1030. The second kappa shape index (κ2) is 13.9. The van der Waals surface area contributed by atoms with E-state index >= 15 is 0 Å². The van der Waals surface area contributed by atoms with E-state index < -0.39 is 7.92 Å². The van der Waals surface area contributed by atoms with Gasteiger partial charge in [-0.15, -0.1) is 0 Å². The van der Waals surface area contributed by atoms with Gasteiger partial charge < -0.3 is 0 Å². The normalized spacial score (nSPS) is 19.5. The van der Waals surface area contributed by atoms with Crippen molar-refractivity contribution >= 4 is 18.5 Å². The molecule has 196 valence electrons. The summed E-state index contributed by atoms with van der Waals surface area (Å²) in [6.45, 7) is 17.4. The summed E-state index contributed by atoms with van der Waals surface area (Å²) < 4.78 is 2.15. The fourth-order valence-electron chi connectivity index (χ4n) is 5.14. The van der Waals surface area contributed by atoms with Gasteiger partial charge in [-0.25, -0.2) is 0 Å². The molecule has 0 spiro atoms. The van der Waals surface area contributed by atoms with Gasteiger partial charge in [-0.1, -0.05) is 95.3 Å². The van der Waals surface area contributed by atoms with E-state index in [2.05, 4.69) is 146 Å². The van der Waals surface area contributed by atoms with Crippen molar-refractivity contribution in [2.75, 3.05) is 0 Å². The maximum Gasteiger partial charge on any atom is 2.00 e. The number of hydrogen-bond donors (Lipinski definition) is 0. The molecule has 2 aromatic carbocycles. The molecule has 0 unspecified atom stereocenters. The van der Waals surface area contributed by atoms with Crippen LogP contribution in [0, 0.1) is 74.3 Å². The van der Waals surface area contributed by atoms with Crippen LogP contribution >= 0.6 is 7.92 Å². The predicted octanol–water partition coefficient (Wildman–Crippen LogP) is 7.90. The van der Waals surface area contributed by atoms with Crippen molar-refractivity contribution in [3.05, 3.63) is 139 Å². The molecule has 1 aromatic heterocycles. The van der Waals surface area contributed by atoms with Gasteiger partial charge >= 0.3 is 19.5 Å². The molecule has 5 rings (SSSR count). The summed E-state index contributed by atoms with van der Waals surface area (Å²) in [4.78, 5) is 0. The Hall–Kier alpha value is -1.30. The molecule has 2 nitrogen and oxygen atoms in total. The number of nitrogens with zero attached hydrogens (tertiary/aromatic N) is 2. The van der Waals surface area contributed by atoms with Crippen molar-refractivity contribution in [3.63, 3.8) is 0 Å². The minimum absolute atomic E-state index is 0. The number of rotatable bonds is 5. The molecule has 0 saturated heterocycles. The molecule has 0 bridgehead atoms. The summed E-state index contributed by atoms with van der Waals surface area (Å²) in [5.74, 6) is 8.70. The van der Waals surface area contributed by atoms with Gasteiger partial charge in [0.25, 0.3) is 0 Å². The zero-order valence-corrected chi connectivity index (χ0v) is 26.5. The molecule has 2 aliphatic rings. The molecule has 4 heteroatoms. The SMILES string of the molecule is C[C]1[C](C)[C](C)[C](C)[C]1C.Cc1cc(C)n([C@@H](C)[C]2[CH][CH][CH][C]2P(c2ccccc2)c2ccccc2)n1.[Ru+2]. The Morgan fingerprint density at radius 1 is 0.658 bits per heavy atom. The summed E-state index contributed by atoms with van der Waals surface area (Å²) in [5, 5.41) is 7.50. The van der Waals surface area contributed by atoms with Crippen LogP contribution in [0.5, 0.6) is 0 Å². The first-order chi connectivity index (χ1) is 17.7. The smallest absolute Gasteiger partial charge is 0.266 e. The minimum Gasteiger partial charge on any atom is -0.266 e. The Kier molecular flexibility index (Phi) is 11.4. The second-order valence-electron chi connectivity index (χ2n) is 10.0. The van der Waals surface area contributed by atoms with Crippen molar-refractivity contribution in [2.45, 2.75) is 61.4 Å². The zero-order valence-electron chi connectivity index (χ0n) is 23.9. The number of aryl methyl sites for hydroxylation is 2. The first kappa shape index (κ1) is 31.2. The Morgan fingerprint density at radius 2 is 1.11 bits per heavy atom. The standard InChI is InChI=1S/C24H24N2P.C10H15.Ru/c1-18-17-19(2)26(25-18)20(3)23-15-10-16-24(23)27(21-11-6-4-7-12-21)22-13-8-5-9-14-22;1-6-7(2)9(4)10(5)8(6)3;/h4-17,20H,1-3H3;1-5H3;/q;;+2/t20-;;/m0../s1. The van der Waals surface area contributed by atoms with E-state index in [9.17, 15) is 0 Å². The van der Waals surface area contributed by atoms with Crippen LogP contribution in [-0.4, -0.2) is 9.78 Å². The summed E-state index contributed by atoms with van der Waals surface area (Å²) in [7, 11) is -0.597. The molecule has 1 atom stereocenters. The van der Waals surface area contributed by atoms with Gasteiger partial charge in [0.15, 0.2) is 0 Å². The van der Waals surface area contributed by atoms with Crippen LogP contribution in [0.4, 0.5) is 0 Å². The molecule has 2 aliphatic carbocycles. The molecule has 1 heterocycles. The quantitative estimate of drug-likeness (QED) is 0.213. The third-order valence-corrected chi connectivity index (χ3v) is 10.3. The third kappa shape index (κ3) is 6.70. The number of hydrogen-bond acceptors (Lipinski definition) is 1. The molecule has 10 radical (unpaired) electrons. The summed E-state index contributed by atoms with van der Waals surface area (Å²) in [6, 6.07) is 24.1. The molecular weight excluding hydrogens is 568 g/mol. The van der Waals surface area contributed by atoms with Crippen molar-refractivity contribution in [1.29, 1.82) is 0 Å². The van der Waals surface area contributed by atoms with Crippen molar-refractivity contribution in [2.24, 2.45) is 0 Å². The Labute approximate surface area is 246 Å². The molecule has 0 N–H and O–H groups in total. The van der Waals surface area contributed by atoms with Crippen molar-refractivity contribution in [3.8, 4) is 0 Å². The van der Waals surface area contributed by atoms with Crippen LogP contribution in [0.25, 0.3) is 0 Å². The van der Waals surface area contributed by atoms with Gasteiger partial charge in [0, 0.05) is 17.3 Å². The van der Waals surface area contributed by atoms with Gasteiger partial charge in [0.1, 0.15) is 0 Å². The second-order valence-corrected chi connectivity index (χ2v) is 12.2. The van der Waals surface area contributed by atoms with Crippen molar-refractivity contribution in [1.82, 2.24) is 9.78 Å². The molecule has 38 heavy (non-hydrogen) atoms. The van der Waals surface area contributed by atoms with Gasteiger partial charge in [0.05, 0.1) is 11.7 Å². The summed E-state index contributed by atoms with van der Waals surface area (Å²) in [6.07, 6.45) is 6.75. The molecule has 2 fully saturated rings. The largest absolute Gasteiger partial charge is 2.00 e. The fraction of sp³-hybridized carbons (Fsp3) is 0.265. The van der Waals surface area contributed by atoms with E-state index in [1.807, 2.05) is 0 Å². The van der Waals surface area contributed by atoms with E-state index in [1.165, 1.54) is 57.5 Å². The topological polar surface area (TPSA) is 17.8 Å². The van der Waals surface area contributed by atoms with Crippen LogP contribution in [0.3, 0.4) is 0 Å². The predicted molar refractivity (Wildman–Crippen MR) is 159 cm³/mol. The van der Waals surface area contributed by atoms with Gasteiger partial charge in [-0.2, -0.15) is 5.10 Å². The maximum absolute atomic E-state index is 4.74. The van der Waals surface area contributed by atoms with Gasteiger partial charge in [-0.3, -0.25) is 4.68 Å². The maximum atomic E-state index is 4.74. The first-order valence-electron chi connectivity index (χ1n) is 13.1. The summed E-state index contributed by atoms with van der Waals surface area (Å²) >= 11 is 0. The monoisotopic (exact) mass is 608 g/mol. The summed E-state index contributed by atoms with van der Waals surface area (Å²) in [5.41, 5.74) is 3.69. The zero-order chi connectivity index (χ0) is 26.7.